The molecule has 3 rings (SSSR count). The molecular formula is C16H11F3O. The Hall–Kier alpha value is -2.07. The summed E-state index contributed by atoms with van der Waals surface area (Å²) in [5, 5.41) is 12.4. The van der Waals surface area contributed by atoms with E-state index in [4.69, 9.17) is 0 Å². The van der Waals surface area contributed by atoms with Gasteiger partial charge in [-0.05, 0) is 39.2 Å². The highest BCUT2D eigenvalue weighted by Gasteiger charge is 2.40. The number of rotatable bonds is 1. The third-order valence-electron chi connectivity index (χ3n) is 3.39. The van der Waals surface area contributed by atoms with Crippen LogP contribution in [-0.2, 0) is 0 Å². The first-order valence-electron chi connectivity index (χ1n) is 6.13. The number of halogens is 3. The van der Waals surface area contributed by atoms with Crippen LogP contribution in [0.5, 0.6) is 0 Å². The van der Waals surface area contributed by atoms with Gasteiger partial charge in [0.15, 0.2) is 6.10 Å². The number of hydrogen-bond acceptors (Lipinski definition) is 1. The Labute approximate surface area is 113 Å². The molecule has 0 unspecified atom stereocenters. The van der Waals surface area contributed by atoms with Crippen LogP contribution in [0.3, 0.4) is 0 Å². The number of aliphatic hydroxyl groups excluding tert-OH is 1. The average molecular weight is 276 g/mol. The number of fused-ring (bicyclic) bond motifs is 2. The summed E-state index contributed by atoms with van der Waals surface area (Å²) in [5.41, 5.74) is -0.110. The number of aliphatic hydroxyl groups is 1. The molecule has 0 spiro atoms. The van der Waals surface area contributed by atoms with Crippen LogP contribution < -0.4 is 0 Å². The molecule has 0 saturated carbocycles. The fourth-order valence-electron chi connectivity index (χ4n) is 2.41. The Bertz CT molecular complexity index is 777. The van der Waals surface area contributed by atoms with E-state index in [2.05, 4.69) is 0 Å². The first-order chi connectivity index (χ1) is 9.47. The molecule has 3 aromatic rings. The van der Waals surface area contributed by atoms with Gasteiger partial charge in [0.25, 0.3) is 0 Å². The van der Waals surface area contributed by atoms with Crippen molar-refractivity contribution < 1.29 is 18.3 Å². The van der Waals surface area contributed by atoms with Gasteiger partial charge in [-0.15, -0.1) is 0 Å². The number of hydrogen-bond donors (Lipinski definition) is 1. The molecule has 0 fully saturated rings. The van der Waals surface area contributed by atoms with Gasteiger partial charge in [-0.3, -0.25) is 0 Å². The van der Waals surface area contributed by atoms with Gasteiger partial charge in [-0.1, -0.05) is 42.5 Å². The van der Waals surface area contributed by atoms with Crippen LogP contribution in [0.2, 0.25) is 0 Å². The Morgan fingerprint density at radius 2 is 1.40 bits per heavy atom. The first-order valence-corrected chi connectivity index (χ1v) is 6.13. The van der Waals surface area contributed by atoms with Gasteiger partial charge >= 0.3 is 6.18 Å². The summed E-state index contributed by atoms with van der Waals surface area (Å²) in [5.74, 6) is 0. The van der Waals surface area contributed by atoms with Crippen molar-refractivity contribution in [2.24, 2.45) is 0 Å². The second kappa shape index (κ2) is 4.49. The maximum atomic E-state index is 12.7. The summed E-state index contributed by atoms with van der Waals surface area (Å²) in [7, 11) is 0. The Morgan fingerprint density at radius 3 is 2.05 bits per heavy atom. The highest BCUT2D eigenvalue weighted by molar-refractivity contribution is 5.99. The van der Waals surface area contributed by atoms with Crippen LogP contribution in [0.1, 0.15) is 11.7 Å². The molecule has 1 N–H and O–H groups in total. The average Bonchev–Trinajstić information content (AvgIpc) is 2.42. The topological polar surface area (TPSA) is 20.2 Å². The standard InChI is InChI=1S/C16H11F3O/c17-16(18,19)15(20)13-7-3-6-12-8-10-4-1-2-5-11(10)9-14(12)13/h1-9,15,20H/t15-/m0/s1. The van der Waals surface area contributed by atoms with Gasteiger partial charge in [0.05, 0.1) is 0 Å². The van der Waals surface area contributed by atoms with Crippen molar-refractivity contribution in [1.29, 1.82) is 0 Å². The minimum absolute atomic E-state index is 0.110. The molecule has 0 aliphatic rings. The lowest BCUT2D eigenvalue weighted by atomic mass is 9.97. The molecule has 0 aliphatic carbocycles. The zero-order valence-electron chi connectivity index (χ0n) is 10.4. The molecular weight excluding hydrogens is 265 g/mol. The number of alkyl halides is 3. The second-order valence-electron chi connectivity index (χ2n) is 4.71. The van der Waals surface area contributed by atoms with Crippen molar-refractivity contribution in [1.82, 2.24) is 0 Å². The van der Waals surface area contributed by atoms with Crippen LogP contribution in [0.15, 0.2) is 54.6 Å². The lowest BCUT2D eigenvalue weighted by Crippen LogP contribution is -2.20. The molecule has 4 heteroatoms. The van der Waals surface area contributed by atoms with Crippen LogP contribution in [-0.4, -0.2) is 11.3 Å². The fraction of sp³-hybridized carbons (Fsp3) is 0.125. The molecule has 0 radical (unpaired) electrons. The van der Waals surface area contributed by atoms with E-state index in [-0.39, 0.29) is 5.56 Å². The molecule has 1 nitrogen and oxygen atoms in total. The Morgan fingerprint density at radius 1 is 0.800 bits per heavy atom. The summed E-state index contributed by atoms with van der Waals surface area (Å²) in [4.78, 5) is 0. The molecule has 0 saturated heterocycles. The van der Waals surface area contributed by atoms with E-state index in [1.54, 1.807) is 12.1 Å². The van der Waals surface area contributed by atoms with Gasteiger partial charge in [-0.2, -0.15) is 13.2 Å². The van der Waals surface area contributed by atoms with Crippen LogP contribution in [0.4, 0.5) is 13.2 Å². The zero-order chi connectivity index (χ0) is 14.3. The molecule has 0 aromatic heterocycles. The third-order valence-corrected chi connectivity index (χ3v) is 3.39. The van der Waals surface area contributed by atoms with Crippen molar-refractivity contribution >= 4 is 21.5 Å². The van der Waals surface area contributed by atoms with E-state index < -0.39 is 12.3 Å². The lowest BCUT2D eigenvalue weighted by molar-refractivity contribution is -0.206. The van der Waals surface area contributed by atoms with Gasteiger partial charge < -0.3 is 5.11 Å². The lowest BCUT2D eigenvalue weighted by Gasteiger charge is -2.17. The molecule has 3 aromatic carbocycles. The zero-order valence-corrected chi connectivity index (χ0v) is 10.4. The van der Waals surface area contributed by atoms with E-state index in [1.807, 2.05) is 30.3 Å². The van der Waals surface area contributed by atoms with Crippen LogP contribution in [0.25, 0.3) is 21.5 Å². The molecule has 20 heavy (non-hydrogen) atoms. The van der Waals surface area contributed by atoms with E-state index in [0.29, 0.717) is 10.8 Å². The molecule has 1 atom stereocenters. The summed E-state index contributed by atoms with van der Waals surface area (Å²) >= 11 is 0. The minimum atomic E-state index is -4.67. The van der Waals surface area contributed by atoms with E-state index >= 15 is 0 Å². The molecule has 102 valence electrons. The maximum Gasteiger partial charge on any atom is 0.418 e. The summed E-state index contributed by atoms with van der Waals surface area (Å²) < 4.78 is 38.2. The van der Waals surface area contributed by atoms with E-state index in [9.17, 15) is 18.3 Å². The van der Waals surface area contributed by atoms with Crippen molar-refractivity contribution in [3.8, 4) is 0 Å². The summed E-state index contributed by atoms with van der Waals surface area (Å²) in [6.07, 6.45) is -7.13. The van der Waals surface area contributed by atoms with Gasteiger partial charge in [0.2, 0.25) is 0 Å². The minimum Gasteiger partial charge on any atom is -0.379 e. The van der Waals surface area contributed by atoms with Crippen LogP contribution >= 0.6 is 0 Å². The predicted octanol–water partition coefficient (Wildman–Crippen LogP) is 4.59. The summed E-state index contributed by atoms with van der Waals surface area (Å²) in [6.45, 7) is 0. The maximum absolute atomic E-state index is 12.7. The molecule has 0 bridgehead atoms. The molecule has 0 amide bonds. The fourth-order valence-corrected chi connectivity index (χ4v) is 2.41. The number of benzene rings is 3. The monoisotopic (exact) mass is 276 g/mol. The first kappa shape index (κ1) is 12.9. The molecule has 0 aliphatic heterocycles. The normalized spacial score (nSPS) is 13.8. The second-order valence-corrected chi connectivity index (χ2v) is 4.71. The third kappa shape index (κ3) is 2.12. The van der Waals surface area contributed by atoms with Gasteiger partial charge in [-0.25, -0.2) is 0 Å². The van der Waals surface area contributed by atoms with Crippen molar-refractivity contribution in [3.05, 3.63) is 60.2 Å². The van der Waals surface area contributed by atoms with Crippen molar-refractivity contribution in [2.45, 2.75) is 12.3 Å². The highest BCUT2D eigenvalue weighted by atomic mass is 19.4. The highest BCUT2D eigenvalue weighted by Crippen LogP contribution is 2.37. The van der Waals surface area contributed by atoms with Gasteiger partial charge in [0.1, 0.15) is 0 Å². The van der Waals surface area contributed by atoms with E-state index in [1.165, 1.54) is 12.1 Å². The SMILES string of the molecule is O[C@@H](c1cccc2cc3ccccc3cc12)C(F)(F)F. The Balaban J connectivity index is 2.31. The molecule has 0 heterocycles. The Kier molecular flexibility index (Phi) is 2.91. The summed E-state index contributed by atoms with van der Waals surface area (Å²) in [6, 6.07) is 15.6. The predicted molar refractivity (Wildman–Crippen MR) is 72.5 cm³/mol. The van der Waals surface area contributed by atoms with Crippen molar-refractivity contribution in [2.75, 3.05) is 0 Å². The largest absolute Gasteiger partial charge is 0.418 e. The quantitative estimate of drug-likeness (QED) is 0.644. The smallest absolute Gasteiger partial charge is 0.379 e. The van der Waals surface area contributed by atoms with Crippen LogP contribution in [0, 0.1) is 0 Å². The van der Waals surface area contributed by atoms with E-state index in [0.717, 1.165) is 10.8 Å². The van der Waals surface area contributed by atoms with Gasteiger partial charge in [0, 0.05) is 0 Å². The van der Waals surface area contributed by atoms with Crippen molar-refractivity contribution in [3.63, 3.8) is 0 Å².